The smallest absolute Gasteiger partial charge is 0.292 e. The van der Waals surface area contributed by atoms with Gasteiger partial charge in [-0.25, -0.2) is 4.98 Å². The highest BCUT2D eigenvalue weighted by molar-refractivity contribution is 5.46. The third kappa shape index (κ3) is 2.99. The zero-order valence-corrected chi connectivity index (χ0v) is 11.4. The van der Waals surface area contributed by atoms with Crippen LogP contribution in [0.5, 0.6) is 11.5 Å². The number of aromatic nitrogens is 1. The molecule has 0 aliphatic carbocycles. The van der Waals surface area contributed by atoms with Crippen LogP contribution in [-0.2, 0) is 12.8 Å². The number of methoxy groups -OCH3 is 2. The minimum atomic E-state index is 0.198. The van der Waals surface area contributed by atoms with Crippen LogP contribution in [0.15, 0.2) is 22.7 Å². The van der Waals surface area contributed by atoms with Crippen LogP contribution in [0, 0.1) is 6.92 Å². The van der Waals surface area contributed by atoms with Crippen molar-refractivity contribution in [2.75, 3.05) is 20.0 Å². The van der Waals surface area contributed by atoms with Crippen molar-refractivity contribution in [1.82, 2.24) is 4.98 Å². The monoisotopic (exact) mass is 262 g/mol. The van der Waals surface area contributed by atoms with E-state index in [4.69, 9.17) is 19.6 Å². The van der Waals surface area contributed by atoms with Gasteiger partial charge in [-0.1, -0.05) is 0 Å². The second-order valence-corrected chi connectivity index (χ2v) is 4.30. The highest BCUT2D eigenvalue weighted by atomic mass is 16.5. The molecule has 1 heterocycles. The Kier molecular flexibility index (Phi) is 3.94. The van der Waals surface area contributed by atoms with Gasteiger partial charge in [0.2, 0.25) is 0 Å². The summed E-state index contributed by atoms with van der Waals surface area (Å²) in [4.78, 5) is 3.87. The Morgan fingerprint density at radius 2 is 1.89 bits per heavy atom. The lowest BCUT2D eigenvalue weighted by molar-refractivity contribution is 0.395. The first-order valence-electron chi connectivity index (χ1n) is 6.05. The van der Waals surface area contributed by atoms with Crippen LogP contribution in [0.2, 0.25) is 0 Å². The molecule has 102 valence electrons. The molecule has 0 saturated carbocycles. The lowest BCUT2D eigenvalue weighted by Gasteiger charge is -2.12. The lowest BCUT2D eigenvalue weighted by Crippen LogP contribution is -1.98. The molecule has 0 unspecified atom stereocenters. The van der Waals surface area contributed by atoms with E-state index in [0.717, 1.165) is 34.8 Å². The Labute approximate surface area is 112 Å². The fourth-order valence-electron chi connectivity index (χ4n) is 2.01. The van der Waals surface area contributed by atoms with Gasteiger partial charge in [0.05, 0.1) is 20.4 Å². The number of benzene rings is 1. The number of ether oxygens (including phenoxy) is 2. The summed E-state index contributed by atoms with van der Waals surface area (Å²) in [7, 11) is 3.33. The molecule has 1 aromatic heterocycles. The average molecular weight is 262 g/mol. The van der Waals surface area contributed by atoms with E-state index in [1.807, 2.05) is 19.1 Å². The predicted octanol–water partition coefficient (Wildman–Crippen LogP) is 2.37. The molecular weight excluding hydrogens is 244 g/mol. The summed E-state index contributed by atoms with van der Waals surface area (Å²) >= 11 is 0. The molecule has 0 radical (unpaired) electrons. The molecule has 2 N–H and O–H groups in total. The molecule has 5 heteroatoms. The molecule has 0 aliphatic heterocycles. The van der Waals surface area contributed by atoms with E-state index in [1.54, 1.807) is 20.4 Å². The van der Waals surface area contributed by atoms with Gasteiger partial charge in [-0.2, -0.15) is 0 Å². The fraction of sp³-hybridized carbons (Fsp3) is 0.357. The number of nitrogen functional groups attached to an aromatic ring is 1. The molecule has 0 fully saturated rings. The van der Waals surface area contributed by atoms with Gasteiger partial charge in [0.15, 0.2) is 0 Å². The summed E-state index contributed by atoms with van der Waals surface area (Å²) in [6.45, 7) is 1.99. The van der Waals surface area contributed by atoms with Crippen LogP contribution in [0.25, 0.3) is 0 Å². The number of hydrogen-bond acceptors (Lipinski definition) is 5. The number of nitrogens with zero attached hydrogens (tertiary/aromatic N) is 1. The zero-order chi connectivity index (χ0) is 13.8. The summed E-state index contributed by atoms with van der Waals surface area (Å²) in [6, 6.07) is 4.17. The normalized spacial score (nSPS) is 10.5. The highest BCUT2D eigenvalue weighted by Crippen LogP contribution is 2.29. The van der Waals surface area contributed by atoms with E-state index in [0.29, 0.717) is 6.42 Å². The molecule has 0 aliphatic rings. The highest BCUT2D eigenvalue weighted by Gasteiger charge is 2.10. The fourth-order valence-corrected chi connectivity index (χ4v) is 2.01. The minimum Gasteiger partial charge on any atom is -0.496 e. The Balaban J connectivity index is 2.18. The summed E-state index contributed by atoms with van der Waals surface area (Å²) in [5, 5.41) is 0. The SMILES string of the molecule is COc1cc(CCc2cnc(N)o2)c(OC)cc1C. The largest absolute Gasteiger partial charge is 0.496 e. The number of aryl methyl sites for hydroxylation is 3. The van der Waals surface area contributed by atoms with Crippen molar-refractivity contribution in [2.24, 2.45) is 0 Å². The average Bonchev–Trinajstić information content (AvgIpc) is 2.82. The van der Waals surface area contributed by atoms with Crippen molar-refractivity contribution in [1.29, 1.82) is 0 Å². The van der Waals surface area contributed by atoms with E-state index < -0.39 is 0 Å². The molecule has 0 atom stereocenters. The van der Waals surface area contributed by atoms with Crippen LogP contribution in [-0.4, -0.2) is 19.2 Å². The van der Waals surface area contributed by atoms with Gasteiger partial charge in [-0.05, 0) is 36.6 Å². The Hall–Kier alpha value is -2.17. The first-order chi connectivity index (χ1) is 9.13. The van der Waals surface area contributed by atoms with Gasteiger partial charge in [0.25, 0.3) is 6.01 Å². The molecule has 5 nitrogen and oxygen atoms in total. The first kappa shape index (κ1) is 13.3. The van der Waals surface area contributed by atoms with Crippen LogP contribution < -0.4 is 15.2 Å². The molecule has 0 amide bonds. The van der Waals surface area contributed by atoms with E-state index in [1.165, 1.54) is 0 Å². The second-order valence-electron chi connectivity index (χ2n) is 4.30. The van der Waals surface area contributed by atoms with E-state index >= 15 is 0 Å². The van der Waals surface area contributed by atoms with Crippen LogP contribution in [0.1, 0.15) is 16.9 Å². The number of rotatable bonds is 5. The molecule has 0 saturated heterocycles. The molecular formula is C14H18N2O3. The van der Waals surface area contributed by atoms with Gasteiger partial charge in [0.1, 0.15) is 17.3 Å². The van der Waals surface area contributed by atoms with Crippen molar-refractivity contribution < 1.29 is 13.9 Å². The minimum absolute atomic E-state index is 0.198. The summed E-state index contributed by atoms with van der Waals surface area (Å²) in [6.07, 6.45) is 3.13. The number of nitrogens with two attached hydrogens (primary N) is 1. The number of hydrogen-bond donors (Lipinski definition) is 1. The summed E-state index contributed by atoms with van der Waals surface area (Å²) < 4.78 is 16.0. The summed E-state index contributed by atoms with van der Waals surface area (Å²) in [5.74, 6) is 2.47. The van der Waals surface area contributed by atoms with Gasteiger partial charge in [-0.3, -0.25) is 0 Å². The Bertz CT molecular complexity index is 564. The molecule has 0 spiro atoms. The molecule has 1 aromatic carbocycles. The molecule has 0 bridgehead atoms. The summed E-state index contributed by atoms with van der Waals surface area (Å²) in [5.41, 5.74) is 7.56. The van der Waals surface area contributed by atoms with E-state index in [9.17, 15) is 0 Å². The Morgan fingerprint density at radius 1 is 1.16 bits per heavy atom. The maximum atomic E-state index is 5.45. The molecule has 19 heavy (non-hydrogen) atoms. The van der Waals surface area contributed by atoms with Gasteiger partial charge in [-0.15, -0.1) is 0 Å². The third-order valence-electron chi connectivity index (χ3n) is 3.01. The van der Waals surface area contributed by atoms with Crippen LogP contribution in [0.3, 0.4) is 0 Å². The van der Waals surface area contributed by atoms with Crippen molar-refractivity contribution in [2.45, 2.75) is 19.8 Å². The van der Waals surface area contributed by atoms with Crippen LogP contribution in [0.4, 0.5) is 6.01 Å². The number of oxazole rings is 1. The lowest BCUT2D eigenvalue weighted by atomic mass is 10.0. The van der Waals surface area contributed by atoms with Crippen molar-refractivity contribution in [3.05, 3.63) is 35.2 Å². The van der Waals surface area contributed by atoms with Gasteiger partial charge >= 0.3 is 0 Å². The number of anilines is 1. The second kappa shape index (κ2) is 5.65. The maximum Gasteiger partial charge on any atom is 0.292 e. The van der Waals surface area contributed by atoms with Crippen molar-refractivity contribution in [3.8, 4) is 11.5 Å². The van der Waals surface area contributed by atoms with Crippen molar-refractivity contribution in [3.63, 3.8) is 0 Å². The maximum absolute atomic E-state index is 5.45. The quantitative estimate of drug-likeness (QED) is 0.895. The van der Waals surface area contributed by atoms with E-state index in [2.05, 4.69) is 4.98 Å². The van der Waals surface area contributed by atoms with E-state index in [-0.39, 0.29) is 6.01 Å². The standard InChI is InChI=1S/C14H18N2O3/c1-9-6-13(18-3)10(7-12(9)17-2)4-5-11-8-16-14(15)19-11/h6-8H,4-5H2,1-3H3,(H2,15,16). The van der Waals surface area contributed by atoms with Crippen LogP contribution >= 0.6 is 0 Å². The molecule has 2 rings (SSSR count). The van der Waals surface area contributed by atoms with Gasteiger partial charge in [0, 0.05) is 6.42 Å². The third-order valence-corrected chi connectivity index (χ3v) is 3.01. The zero-order valence-electron chi connectivity index (χ0n) is 11.4. The molecule has 2 aromatic rings. The van der Waals surface area contributed by atoms with Crippen molar-refractivity contribution >= 4 is 6.01 Å². The topological polar surface area (TPSA) is 70.5 Å². The predicted molar refractivity (Wildman–Crippen MR) is 72.6 cm³/mol. The Morgan fingerprint density at radius 3 is 2.47 bits per heavy atom. The van der Waals surface area contributed by atoms with Gasteiger partial charge < -0.3 is 19.6 Å². The first-order valence-corrected chi connectivity index (χ1v) is 6.05.